The highest BCUT2D eigenvalue weighted by Gasteiger charge is 2.42. The molecule has 7 heteroatoms. The summed E-state index contributed by atoms with van der Waals surface area (Å²) in [5.41, 5.74) is 2.22. The standard InChI is InChI=1S/C25H23N3O3S/c1-27-21-16-28(13-12-20-11-6-14-32-20)24(29)22(21)23(26-25(27)30)17-7-5-10-19(15-17)31-18-8-3-2-4-9-18/h2-11,14-15,23H,12-13,16H2,1H3,(H,26,30). The maximum atomic E-state index is 13.4. The summed E-state index contributed by atoms with van der Waals surface area (Å²) >= 11 is 1.69. The first-order valence-corrected chi connectivity index (χ1v) is 11.4. The summed E-state index contributed by atoms with van der Waals surface area (Å²) < 4.78 is 5.96. The van der Waals surface area contributed by atoms with Crippen molar-refractivity contribution >= 4 is 23.3 Å². The number of nitrogens with zero attached hydrogens (tertiary/aromatic N) is 2. The number of carbonyl (C=O) groups is 2. The zero-order chi connectivity index (χ0) is 22.1. The van der Waals surface area contributed by atoms with Gasteiger partial charge in [-0.3, -0.25) is 9.69 Å². The van der Waals surface area contributed by atoms with Gasteiger partial charge in [0.1, 0.15) is 11.5 Å². The molecule has 0 radical (unpaired) electrons. The largest absolute Gasteiger partial charge is 0.457 e. The van der Waals surface area contributed by atoms with Crippen molar-refractivity contribution in [3.8, 4) is 11.5 Å². The Labute approximate surface area is 190 Å². The van der Waals surface area contributed by atoms with Crippen LogP contribution in [0, 0.1) is 0 Å². The highest BCUT2D eigenvalue weighted by atomic mass is 32.1. The van der Waals surface area contributed by atoms with Crippen LogP contribution in [0.1, 0.15) is 16.5 Å². The molecule has 1 N–H and O–H groups in total. The van der Waals surface area contributed by atoms with Crippen LogP contribution in [-0.4, -0.2) is 41.9 Å². The second kappa shape index (κ2) is 8.51. The number of urea groups is 1. The molecule has 3 aromatic rings. The summed E-state index contributed by atoms with van der Waals surface area (Å²) in [5, 5.41) is 5.04. The quantitative estimate of drug-likeness (QED) is 0.604. The van der Waals surface area contributed by atoms with Crippen molar-refractivity contribution in [1.29, 1.82) is 0 Å². The van der Waals surface area contributed by atoms with Gasteiger partial charge in [0, 0.05) is 18.5 Å². The molecule has 3 heterocycles. The lowest BCUT2D eigenvalue weighted by Crippen LogP contribution is -2.45. The number of thiophene rings is 1. The lowest BCUT2D eigenvalue weighted by Gasteiger charge is -2.31. The molecule has 0 aliphatic carbocycles. The van der Waals surface area contributed by atoms with Gasteiger partial charge in [0.15, 0.2) is 0 Å². The lowest BCUT2D eigenvalue weighted by molar-refractivity contribution is -0.125. The van der Waals surface area contributed by atoms with Crippen LogP contribution in [0.2, 0.25) is 0 Å². The summed E-state index contributed by atoms with van der Waals surface area (Å²) in [7, 11) is 1.71. The van der Waals surface area contributed by atoms with Crippen LogP contribution in [0.15, 0.2) is 83.4 Å². The minimum absolute atomic E-state index is 0.0252. The fourth-order valence-electron chi connectivity index (χ4n) is 4.14. The number of nitrogens with one attached hydrogen (secondary N) is 1. The Hall–Kier alpha value is -3.58. The van der Waals surface area contributed by atoms with Gasteiger partial charge in [-0.25, -0.2) is 4.79 Å². The van der Waals surface area contributed by atoms with E-state index in [1.54, 1.807) is 23.3 Å². The monoisotopic (exact) mass is 445 g/mol. The molecule has 1 atom stereocenters. The number of amides is 3. The molecule has 2 aliphatic heterocycles. The number of likely N-dealkylation sites (N-methyl/N-ethyl adjacent to an activating group) is 1. The van der Waals surface area contributed by atoms with Gasteiger partial charge < -0.3 is 15.0 Å². The molecule has 1 unspecified atom stereocenters. The number of rotatable bonds is 6. The summed E-state index contributed by atoms with van der Waals surface area (Å²) in [5.74, 6) is 1.36. The summed E-state index contributed by atoms with van der Waals surface area (Å²) in [6, 6.07) is 20.5. The van der Waals surface area contributed by atoms with E-state index in [-0.39, 0.29) is 11.9 Å². The minimum atomic E-state index is -0.507. The second-order valence-corrected chi connectivity index (χ2v) is 8.88. The molecule has 2 aliphatic rings. The fraction of sp³-hybridized carbons (Fsp3) is 0.200. The number of hydrogen-bond donors (Lipinski definition) is 1. The van der Waals surface area contributed by atoms with E-state index in [0.717, 1.165) is 23.4 Å². The number of para-hydroxylation sites is 1. The van der Waals surface area contributed by atoms with E-state index in [4.69, 9.17) is 4.74 Å². The van der Waals surface area contributed by atoms with E-state index in [9.17, 15) is 9.59 Å². The van der Waals surface area contributed by atoms with E-state index in [0.29, 0.717) is 24.4 Å². The molecule has 0 fully saturated rings. The van der Waals surface area contributed by atoms with Gasteiger partial charge in [-0.05, 0) is 47.7 Å². The average molecular weight is 446 g/mol. The van der Waals surface area contributed by atoms with Crippen molar-refractivity contribution in [1.82, 2.24) is 15.1 Å². The first-order valence-electron chi connectivity index (χ1n) is 10.5. The van der Waals surface area contributed by atoms with Crippen LogP contribution < -0.4 is 10.1 Å². The Bertz CT molecular complexity index is 1170. The number of ether oxygens (including phenoxy) is 1. The van der Waals surface area contributed by atoms with Crippen molar-refractivity contribution in [2.45, 2.75) is 12.5 Å². The zero-order valence-electron chi connectivity index (χ0n) is 17.7. The Morgan fingerprint density at radius 1 is 1.03 bits per heavy atom. The van der Waals surface area contributed by atoms with Crippen LogP contribution in [0.5, 0.6) is 11.5 Å². The van der Waals surface area contributed by atoms with Crippen LogP contribution in [-0.2, 0) is 11.2 Å². The van der Waals surface area contributed by atoms with Gasteiger partial charge in [0.2, 0.25) is 0 Å². The summed E-state index contributed by atoms with van der Waals surface area (Å²) in [6.45, 7) is 1.07. The highest BCUT2D eigenvalue weighted by Crippen LogP contribution is 2.37. The van der Waals surface area contributed by atoms with Gasteiger partial charge in [-0.1, -0.05) is 36.4 Å². The predicted molar refractivity (Wildman–Crippen MR) is 124 cm³/mol. The Morgan fingerprint density at radius 2 is 1.84 bits per heavy atom. The number of hydrogen-bond acceptors (Lipinski definition) is 4. The van der Waals surface area contributed by atoms with Gasteiger partial charge in [0.05, 0.1) is 23.9 Å². The molecule has 0 saturated carbocycles. The average Bonchev–Trinajstić information content (AvgIpc) is 3.44. The first-order chi connectivity index (χ1) is 15.6. The molecule has 2 aromatic carbocycles. The first kappa shape index (κ1) is 20.3. The maximum Gasteiger partial charge on any atom is 0.322 e. The van der Waals surface area contributed by atoms with Gasteiger partial charge >= 0.3 is 6.03 Å². The molecule has 0 spiro atoms. The SMILES string of the molecule is CN1C(=O)NC(c2cccc(Oc3ccccc3)c2)C2=C1CN(CCc1cccs1)C2=O. The highest BCUT2D eigenvalue weighted by molar-refractivity contribution is 7.09. The van der Waals surface area contributed by atoms with Crippen molar-refractivity contribution in [2.75, 3.05) is 20.1 Å². The minimum Gasteiger partial charge on any atom is -0.457 e. The molecular weight excluding hydrogens is 422 g/mol. The smallest absolute Gasteiger partial charge is 0.322 e. The Kier molecular flexibility index (Phi) is 5.41. The molecule has 6 nitrogen and oxygen atoms in total. The second-order valence-electron chi connectivity index (χ2n) is 7.85. The zero-order valence-corrected chi connectivity index (χ0v) is 18.5. The van der Waals surface area contributed by atoms with Gasteiger partial charge in [-0.15, -0.1) is 11.3 Å². The molecule has 5 rings (SSSR count). The molecule has 0 saturated heterocycles. The van der Waals surface area contributed by atoms with E-state index >= 15 is 0 Å². The predicted octanol–water partition coefficient (Wildman–Crippen LogP) is 4.58. The van der Waals surface area contributed by atoms with Crippen LogP contribution in [0.25, 0.3) is 0 Å². The van der Waals surface area contributed by atoms with Crippen molar-refractivity contribution in [3.63, 3.8) is 0 Å². The van der Waals surface area contributed by atoms with Gasteiger partial charge in [0.25, 0.3) is 5.91 Å². The van der Waals surface area contributed by atoms with Crippen LogP contribution in [0.4, 0.5) is 4.79 Å². The number of carbonyl (C=O) groups excluding carboxylic acids is 2. The van der Waals surface area contributed by atoms with E-state index in [1.165, 1.54) is 4.88 Å². The van der Waals surface area contributed by atoms with Crippen LogP contribution in [0.3, 0.4) is 0 Å². The third kappa shape index (κ3) is 3.87. The Morgan fingerprint density at radius 3 is 2.62 bits per heavy atom. The molecule has 32 heavy (non-hydrogen) atoms. The molecule has 1 aromatic heterocycles. The molecule has 162 valence electrons. The summed E-state index contributed by atoms with van der Waals surface area (Å²) in [4.78, 5) is 30.7. The fourth-order valence-corrected chi connectivity index (χ4v) is 4.83. The van der Waals surface area contributed by atoms with E-state index in [1.807, 2.05) is 70.9 Å². The molecule has 3 amide bonds. The van der Waals surface area contributed by atoms with Crippen LogP contribution >= 0.6 is 11.3 Å². The van der Waals surface area contributed by atoms with E-state index < -0.39 is 6.04 Å². The topological polar surface area (TPSA) is 61.9 Å². The van der Waals surface area contributed by atoms with Crippen molar-refractivity contribution in [2.24, 2.45) is 0 Å². The maximum absolute atomic E-state index is 13.4. The third-order valence-corrected chi connectivity index (χ3v) is 6.75. The van der Waals surface area contributed by atoms with Crippen molar-refractivity contribution in [3.05, 3.63) is 93.8 Å². The molecule has 0 bridgehead atoms. The summed E-state index contributed by atoms with van der Waals surface area (Å²) in [6.07, 6.45) is 0.806. The third-order valence-electron chi connectivity index (χ3n) is 5.81. The number of benzene rings is 2. The van der Waals surface area contributed by atoms with Crippen molar-refractivity contribution < 1.29 is 14.3 Å². The molecular formula is C25H23N3O3S. The van der Waals surface area contributed by atoms with E-state index in [2.05, 4.69) is 11.4 Å². The van der Waals surface area contributed by atoms with Gasteiger partial charge in [-0.2, -0.15) is 0 Å². The normalized spacial score (nSPS) is 18.1. The lowest BCUT2D eigenvalue weighted by atomic mass is 9.95. The Balaban J connectivity index is 1.41.